The average molecular weight is 292 g/mol. The second-order valence-corrected chi connectivity index (χ2v) is 5.00. The number of rotatable bonds is 3. The van der Waals surface area contributed by atoms with Gasteiger partial charge in [0, 0.05) is 17.6 Å². The van der Waals surface area contributed by atoms with Gasteiger partial charge in [0.1, 0.15) is 12.4 Å². The number of benzene rings is 2. The molecule has 0 aliphatic rings. The summed E-state index contributed by atoms with van der Waals surface area (Å²) in [5, 5.41) is 1.94. The van der Waals surface area contributed by atoms with E-state index in [1.165, 1.54) is 0 Å². The molecule has 3 aromatic rings. The Labute approximate surface area is 120 Å². The Morgan fingerprint density at radius 1 is 1.05 bits per heavy atom. The zero-order valence-corrected chi connectivity index (χ0v) is 11.5. The molecular formula is C15H11Cl2NO. The summed E-state index contributed by atoms with van der Waals surface area (Å²) in [6, 6.07) is 13.7. The lowest BCUT2D eigenvalue weighted by Gasteiger charge is -2.09. The monoisotopic (exact) mass is 291 g/mol. The number of aromatic amines is 1. The van der Waals surface area contributed by atoms with Gasteiger partial charge in [0.05, 0.1) is 15.6 Å². The van der Waals surface area contributed by atoms with Crippen LogP contribution in [0, 0.1) is 0 Å². The molecule has 0 fully saturated rings. The fraction of sp³-hybridized carbons (Fsp3) is 0.0667. The third-order valence-corrected chi connectivity index (χ3v) is 3.72. The summed E-state index contributed by atoms with van der Waals surface area (Å²) in [5.41, 5.74) is 1.91. The first kappa shape index (κ1) is 12.4. The summed E-state index contributed by atoms with van der Waals surface area (Å²) < 4.78 is 5.84. The Morgan fingerprint density at radius 2 is 1.84 bits per heavy atom. The third-order valence-electron chi connectivity index (χ3n) is 2.94. The molecule has 2 aromatic carbocycles. The summed E-state index contributed by atoms with van der Waals surface area (Å²) >= 11 is 12.2. The number of fused-ring (bicyclic) bond motifs is 1. The number of hydrogen-bond acceptors (Lipinski definition) is 1. The predicted molar refractivity (Wildman–Crippen MR) is 79.1 cm³/mol. The Balaban J connectivity index is 1.93. The standard InChI is InChI=1S/C15H11Cl2NO/c16-12-8-13(11-6-7-18-15(11)14(12)17)19-9-10-4-2-1-3-5-10/h1-8,18H,9H2. The van der Waals surface area contributed by atoms with E-state index in [1.54, 1.807) is 6.07 Å². The van der Waals surface area contributed by atoms with E-state index < -0.39 is 0 Å². The van der Waals surface area contributed by atoms with Crippen molar-refractivity contribution in [2.24, 2.45) is 0 Å². The van der Waals surface area contributed by atoms with Crippen molar-refractivity contribution in [1.29, 1.82) is 0 Å². The molecule has 0 amide bonds. The van der Waals surface area contributed by atoms with Crippen LogP contribution in [0.3, 0.4) is 0 Å². The fourth-order valence-corrected chi connectivity index (χ4v) is 2.39. The Morgan fingerprint density at radius 3 is 2.63 bits per heavy atom. The fourth-order valence-electron chi connectivity index (χ4n) is 1.99. The molecule has 0 aliphatic heterocycles. The van der Waals surface area contributed by atoms with Crippen LogP contribution in [-0.4, -0.2) is 4.98 Å². The van der Waals surface area contributed by atoms with Crippen LogP contribution in [-0.2, 0) is 6.61 Å². The lowest BCUT2D eigenvalue weighted by molar-refractivity contribution is 0.310. The van der Waals surface area contributed by atoms with Crippen molar-refractivity contribution in [2.45, 2.75) is 6.61 Å². The number of halogens is 2. The number of H-pyrrole nitrogens is 1. The highest BCUT2D eigenvalue weighted by Crippen LogP contribution is 2.36. The van der Waals surface area contributed by atoms with Gasteiger partial charge in [-0.05, 0) is 11.6 Å². The van der Waals surface area contributed by atoms with Crippen molar-refractivity contribution >= 4 is 34.1 Å². The molecule has 1 heterocycles. The molecule has 19 heavy (non-hydrogen) atoms. The van der Waals surface area contributed by atoms with Crippen LogP contribution in [0.5, 0.6) is 5.75 Å². The molecule has 2 nitrogen and oxygen atoms in total. The van der Waals surface area contributed by atoms with E-state index >= 15 is 0 Å². The third kappa shape index (κ3) is 2.42. The number of aromatic nitrogens is 1. The maximum absolute atomic E-state index is 6.14. The van der Waals surface area contributed by atoms with Gasteiger partial charge < -0.3 is 9.72 Å². The van der Waals surface area contributed by atoms with Crippen molar-refractivity contribution in [1.82, 2.24) is 4.98 Å². The van der Waals surface area contributed by atoms with Gasteiger partial charge in [-0.2, -0.15) is 0 Å². The molecule has 0 bridgehead atoms. The van der Waals surface area contributed by atoms with Crippen molar-refractivity contribution in [2.75, 3.05) is 0 Å². The molecule has 1 aromatic heterocycles. The number of nitrogens with one attached hydrogen (secondary N) is 1. The van der Waals surface area contributed by atoms with Crippen LogP contribution in [0.25, 0.3) is 10.9 Å². The van der Waals surface area contributed by atoms with E-state index in [-0.39, 0.29) is 0 Å². The molecule has 1 N–H and O–H groups in total. The van der Waals surface area contributed by atoms with Crippen molar-refractivity contribution < 1.29 is 4.74 Å². The van der Waals surface area contributed by atoms with E-state index in [0.717, 1.165) is 22.2 Å². The summed E-state index contributed by atoms with van der Waals surface area (Å²) in [6.45, 7) is 0.499. The SMILES string of the molecule is Clc1cc(OCc2ccccc2)c2cc[nH]c2c1Cl. The van der Waals surface area contributed by atoms with Crippen LogP contribution in [0.4, 0.5) is 0 Å². The molecule has 0 aliphatic carbocycles. The van der Waals surface area contributed by atoms with Crippen LogP contribution < -0.4 is 4.74 Å². The topological polar surface area (TPSA) is 25.0 Å². The highest BCUT2D eigenvalue weighted by molar-refractivity contribution is 6.45. The Kier molecular flexibility index (Phi) is 3.36. The van der Waals surface area contributed by atoms with Gasteiger partial charge in [0.2, 0.25) is 0 Å². The van der Waals surface area contributed by atoms with Gasteiger partial charge in [-0.25, -0.2) is 0 Å². The van der Waals surface area contributed by atoms with Gasteiger partial charge in [-0.15, -0.1) is 0 Å². The molecule has 4 heteroatoms. The first-order valence-electron chi connectivity index (χ1n) is 5.87. The molecule has 0 radical (unpaired) electrons. The molecule has 0 saturated heterocycles. The predicted octanol–water partition coefficient (Wildman–Crippen LogP) is 5.05. The second-order valence-electron chi connectivity index (χ2n) is 4.21. The maximum Gasteiger partial charge on any atom is 0.130 e. The summed E-state index contributed by atoms with van der Waals surface area (Å²) in [5.74, 6) is 0.731. The highest BCUT2D eigenvalue weighted by atomic mass is 35.5. The van der Waals surface area contributed by atoms with E-state index in [0.29, 0.717) is 16.7 Å². The molecule has 0 saturated carbocycles. The minimum atomic E-state index is 0.486. The van der Waals surface area contributed by atoms with Gasteiger partial charge in [-0.1, -0.05) is 53.5 Å². The molecule has 0 spiro atoms. The molecule has 96 valence electrons. The Hall–Kier alpha value is -1.64. The molecule has 0 atom stereocenters. The zero-order chi connectivity index (χ0) is 13.2. The molecule has 3 rings (SSSR count). The van der Waals surface area contributed by atoms with Gasteiger partial charge in [0.25, 0.3) is 0 Å². The van der Waals surface area contributed by atoms with E-state index in [9.17, 15) is 0 Å². The average Bonchev–Trinajstić information content (AvgIpc) is 2.92. The van der Waals surface area contributed by atoms with Gasteiger partial charge >= 0.3 is 0 Å². The smallest absolute Gasteiger partial charge is 0.130 e. The Bertz CT molecular complexity index is 707. The minimum Gasteiger partial charge on any atom is -0.488 e. The van der Waals surface area contributed by atoms with E-state index in [1.807, 2.05) is 42.6 Å². The van der Waals surface area contributed by atoms with Gasteiger partial charge in [0.15, 0.2) is 0 Å². The highest BCUT2D eigenvalue weighted by Gasteiger charge is 2.11. The summed E-state index contributed by atoms with van der Waals surface area (Å²) in [7, 11) is 0. The van der Waals surface area contributed by atoms with Crippen molar-refractivity contribution in [3.05, 3.63) is 64.3 Å². The van der Waals surface area contributed by atoms with Crippen LogP contribution in [0.1, 0.15) is 5.56 Å². The quantitative estimate of drug-likeness (QED) is 0.717. The van der Waals surface area contributed by atoms with Crippen molar-refractivity contribution in [3.8, 4) is 5.75 Å². The largest absolute Gasteiger partial charge is 0.488 e. The molecular weight excluding hydrogens is 281 g/mol. The van der Waals surface area contributed by atoms with Crippen LogP contribution in [0.2, 0.25) is 10.0 Å². The van der Waals surface area contributed by atoms with Crippen molar-refractivity contribution in [3.63, 3.8) is 0 Å². The second kappa shape index (κ2) is 5.16. The minimum absolute atomic E-state index is 0.486. The van der Waals surface area contributed by atoms with Crippen LogP contribution in [0.15, 0.2) is 48.7 Å². The van der Waals surface area contributed by atoms with E-state index in [4.69, 9.17) is 27.9 Å². The zero-order valence-electron chi connectivity index (χ0n) is 9.99. The number of hydrogen-bond donors (Lipinski definition) is 1. The van der Waals surface area contributed by atoms with Gasteiger partial charge in [-0.3, -0.25) is 0 Å². The number of ether oxygens (including phenoxy) is 1. The maximum atomic E-state index is 6.14. The first-order chi connectivity index (χ1) is 9.25. The first-order valence-corrected chi connectivity index (χ1v) is 6.63. The lowest BCUT2D eigenvalue weighted by atomic mass is 10.2. The normalized spacial score (nSPS) is 10.8. The summed E-state index contributed by atoms with van der Waals surface area (Å²) in [6.07, 6.45) is 1.82. The molecule has 0 unspecified atom stereocenters. The lowest BCUT2D eigenvalue weighted by Crippen LogP contribution is -1.95. The van der Waals surface area contributed by atoms with E-state index in [2.05, 4.69) is 4.98 Å². The summed E-state index contributed by atoms with van der Waals surface area (Å²) in [4.78, 5) is 3.07. The van der Waals surface area contributed by atoms with Crippen LogP contribution >= 0.6 is 23.2 Å².